The predicted molar refractivity (Wildman–Crippen MR) is 118 cm³/mol. The van der Waals surface area contributed by atoms with Crippen LogP contribution in [0.4, 0.5) is 0 Å². The SMILES string of the molecule is Cc1c(Cl)cccc1CNC(=O)C1Cc2ccccc2CN1C(=O)c1ccccc1. The number of nitrogens with zero attached hydrogens (tertiary/aromatic N) is 1. The third-order valence-electron chi connectivity index (χ3n) is 5.67. The molecule has 1 aliphatic heterocycles. The molecule has 4 rings (SSSR count). The van der Waals surface area contributed by atoms with E-state index < -0.39 is 6.04 Å². The summed E-state index contributed by atoms with van der Waals surface area (Å²) in [6.45, 7) is 2.72. The van der Waals surface area contributed by atoms with Gasteiger partial charge in [-0.3, -0.25) is 9.59 Å². The van der Waals surface area contributed by atoms with Crippen LogP contribution >= 0.6 is 11.6 Å². The molecule has 3 aromatic rings. The average molecular weight is 419 g/mol. The third-order valence-corrected chi connectivity index (χ3v) is 6.08. The number of amides is 2. The van der Waals surface area contributed by atoms with Gasteiger partial charge in [0.15, 0.2) is 0 Å². The molecule has 0 aliphatic carbocycles. The van der Waals surface area contributed by atoms with Crippen molar-refractivity contribution in [1.29, 1.82) is 0 Å². The van der Waals surface area contributed by atoms with E-state index in [9.17, 15) is 9.59 Å². The Morgan fingerprint density at radius 2 is 1.67 bits per heavy atom. The zero-order chi connectivity index (χ0) is 21.1. The summed E-state index contributed by atoms with van der Waals surface area (Å²) in [4.78, 5) is 28.1. The van der Waals surface area contributed by atoms with E-state index >= 15 is 0 Å². The first kappa shape index (κ1) is 20.2. The van der Waals surface area contributed by atoms with E-state index in [0.29, 0.717) is 30.1 Å². The highest BCUT2D eigenvalue weighted by molar-refractivity contribution is 6.31. The molecule has 4 nitrogen and oxygen atoms in total. The van der Waals surface area contributed by atoms with Gasteiger partial charge in [0.2, 0.25) is 5.91 Å². The van der Waals surface area contributed by atoms with Gasteiger partial charge < -0.3 is 10.2 Å². The van der Waals surface area contributed by atoms with Crippen molar-refractivity contribution in [2.45, 2.75) is 32.5 Å². The predicted octanol–water partition coefficient (Wildman–Crippen LogP) is 4.53. The molecule has 0 fully saturated rings. The van der Waals surface area contributed by atoms with Crippen LogP contribution in [-0.2, 0) is 24.3 Å². The molecule has 0 saturated carbocycles. The summed E-state index contributed by atoms with van der Waals surface area (Å²) in [5, 5.41) is 3.69. The number of carbonyl (C=O) groups is 2. The van der Waals surface area contributed by atoms with Crippen molar-refractivity contribution in [2.75, 3.05) is 0 Å². The maximum atomic E-state index is 13.2. The van der Waals surface area contributed by atoms with Crippen molar-refractivity contribution in [2.24, 2.45) is 0 Å². The number of fused-ring (bicyclic) bond motifs is 1. The van der Waals surface area contributed by atoms with Crippen LogP contribution < -0.4 is 5.32 Å². The molecule has 0 saturated heterocycles. The first-order chi connectivity index (χ1) is 14.5. The van der Waals surface area contributed by atoms with E-state index in [4.69, 9.17) is 11.6 Å². The quantitative estimate of drug-likeness (QED) is 0.676. The lowest BCUT2D eigenvalue weighted by Gasteiger charge is -2.36. The molecule has 1 aliphatic rings. The summed E-state index contributed by atoms with van der Waals surface area (Å²) in [5.41, 5.74) is 4.68. The second-order valence-corrected chi connectivity index (χ2v) is 7.94. The topological polar surface area (TPSA) is 49.4 Å². The molecule has 1 atom stereocenters. The zero-order valence-electron chi connectivity index (χ0n) is 16.8. The molecule has 5 heteroatoms. The third kappa shape index (κ3) is 4.10. The van der Waals surface area contributed by atoms with Gasteiger partial charge in [0.25, 0.3) is 5.91 Å². The highest BCUT2D eigenvalue weighted by Gasteiger charge is 2.34. The Kier molecular flexibility index (Phi) is 5.86. The molecule has 30 heavy (non-hydrogen) atoms. The van der Waals surface area contributed by atoms with Crippen LogP contribution in [0.2, 0.25) is 5.02 Å². The van der Waals surface area contributed by atoms with Crippen LogP contribution in [0.1, 0.15) is 32.6 Å². The molecule has 0 aromatic heterocycles. The van der Waals surface area contributed by atoms with Crippen LogP contribution in [-0.4, -0.2) is 22.8 Å². The molecule has 0 spiro atoms. The van der Waals surface area contributed by atoms with Gasteiger partial charge in [0.1, 0.15) is 6.04 Å². The Morgan fingerprint density at radius 3 is 2.43 bits per heavy atom. The van der Waals surface area contributed by atoms with E-state index in [1.807, 2.05) is 67.6 Å². The van der Waals surface area contributed by atoms with Crippen molar-refractivity contribution in [1.82, 2.24) is 10.2 Å². The monoisotopic (exact) mass is 418 g/mol. The van der Waals surface area contributed by atoms with E-state index in [1.54, 1.807) is 17.0 Å². The van der Waals surface area contributed by atoms with Gasteiger partial charge in [0.05, 0.1) is 0 Å². The second-order valence-electron chi connectivity index (χ2n) is 7.53. The number of benzene rings is 3. The maximum Gasteiger partial charge on any atom is 0.254 e. The van der Waals surface area contributed by atoms with Gasteiger partial charge in [-0.25, -0.2) is 0 Å². The van der Waals surface area contributed by atoms with Crippen molar-refractivity contribution in [3.63, 3.8) is 0 Å². The zero-order valence-corrected chi connectivity index (χ0v) is 17.5. The Bertz CT molecular complexity index is 1080. The Morgan fingerprint density at radius 1 is 0.967 bits per heavy atom. The fourth-order valence-corrected chi connectivity index (χ4v) is 4.06. The van der Waals surface area contributed by atoms with E-state index in [2.05, 4.69) is 5.32 Å². The fourth-order valence-electron chi connectivity index (χ4n) is 3.86. The molecule has 152 valence electrons. The van der Waals surface area contributed by atoms with E-state index in [0.717, 1.165) is 22.3 Å². The highest BCUT2D eigenvalue weighted by atomic mass is 35.5. The molecule has 0 radical (unpaired) electrons. The van der Waals surface area contributed by atoms with Gasteiger partial charge in [-0.05, 0) is 47.4 Å². The summed E-state index contributed by atoms with van der Waals surface area (Å²) in [5.74, 6) is -0.294. The van der Waals surface area contributed by atoms with Gasteiger partial charge in [-0.2, -0.15) is 0 Å². The van der Waals surface area contributed by atoms with Crippen LogP contribution in [0.25, 0.3) is 0 Å². The minimum Gasteiger partial charge on any atom is -0.350 e. The maximum absolute atomic E-state index is 13.2. The lowest BCUT2D eigenvalue weighted by atomic mass is 9.92. The number of carbonyl (C=O) groups excluding carboxylic acids is 2. The molecule has 1 N–H and O–H groups in total. The molecular formula is C25H23ClN2O2. The summed E-state index contributed by atoms with van der Waals surface area (Å²) in [6.07, 6.45) is 0.495. The fraction of sp³-hybridized carbons (Fsp3) is 0.200. The minimum atomic E-state index is -0.563. The van der Waals surface area contributed by atoms with Crippen LogP contribution in [0.15, 0.2) is 72.8 Å². The summed E-state index contributed by atoms with van der Waals surface area (Å²) in [7, 11) is 0. The smallest absolute Gasteiger partial charge is 0.254 e. The summed E-state index contributed by atoms with van der Waals surface area (Å²) >= 11 is 6.20. The number of hydrogen-bond acceptors (Lipinski definition) is 2. The van der Waals surface area contributed by atoms with E-state index in [1.165, 1.54) is 0 Å². The van der Waals surface area contributed by atoms with Gasteiger partial charge in [0, 0.05) is 30.1 Å². The molecule has 1 heterocycles. The standard InChI is InChI=1S/C25H23ClN2O2/c1-17-20(12-7-13-22(17)26)15-27-24(29)23-14-19-10-5-6-11-21(19)16-28(23)25(30)18-8-3-2-4-9-18/h2-13,23H,14-16H2,1H3,(H,27,29). The largest absolute Gasteiger partial charge is 0.350 e. The highest BCUT2D eigenvalue weighted by Crippen LogP contribution is 2.25. The molecule has 3 aromatic carbocycles. The van der Waals surface area contributed by atoms with Crippen LogP contribution in [0.3, 0.4) is 0 Å². The van der Waals surface area contributed by atoms with Gasteiger partial charge >= 0.3 is 0 Å². The number of rotatable bonds is 4. The Hall–Kier alpha value is -3.11. The average Bonchev–Trinajstić information content (AvgIpc) is 2.79. The van der Waals surface area contributed by atoms with E-state index in [-0.39, 0.29) is 11.8 Å². The van der Waals surface area contributed by atoms with Crippen molar-refractivity contribution in [3.05, 3.63) is 106 Å². The van der Waals surface area contributed by atoms with Crippen molar-refractivity contribution in [3.8, 4) is 0 Å². The van der Waals surface area contributed by atoms with Gasteiger partial charge in [-0.1, -0.05) is 66.2 Å². The Labute approximate surface area is 181 Å². The number of hydrogen-bond donors (Lipinski definition) is 1. The first-order valence-electron chi connectivity index (χ1n) is 9.99. The Balaban J connectivity index is 1.58. The number of nitrogens with one attached hydrogen (secondary N) is 1. The van der Waals surface area contributed by atoms with Crippen molar-refractivity contribution >= 4 is 23.4 Å². The first-order valence-corrected chi connectivity index (χ1v) is 10.4. The lowest BCUT2D eigenvalue weighted by Crippen LogP contribution is -2.52. The molecule has 0 bridgehead atoms. The van der Waals surface area contributed by atoms with Crippen molar-refractivity contribution < 1.29 is 9.59 Å². The summed E-state index contributed by atoms with van der Waals surface area (Å²) in [6, 6.07) is 22.2. The molecular weight excluding hydrogens is 396 g/mol. The minimum absolute atomic E-state index is 0.135. The van der Waals surface area contributed by atoms with Gasteiger partial charge in [-0.15, -0.1) is 0 Å². The molecule has 2 amide bonds. The summed E-state index contributed by atoms with van der Waals surface area (Å²) < 4.78 is 0. The second kappa shape index (κ2) is 8.72. The lowest BCUT2D eigenvalue weighted by molar-refractivity contribution is -0.126. The molecule has 1 unspecified atom stereocenters. The number of halogens is 1. The normalized spacial score (nSPS) is 15.4. The van der Waals surface area contributed by atoms with Crippen LogP contribution in [0.5, 0.6) is 0 Å². The van der Waals surface area contributed by atoms with Crippen LogP contribution in [0, 0.1) is 6.92 Å².